The summed E-state index contributed by atoms with van der Waals surface area (Å²) in [6, 6.07) is 14.3. The number of aromatic nitrogens is 4. The SMILES string of the molecule is CC(C)(C)OC(=O)N(C(=O)OC(C)(C)C)c1nc(Cl)cc(Cl)n1.Cc1cccc(C)c1-c1cc(Cl)nc(N(C(=O)OC(C)(C)C)C(=O)OC(C)(C)C)n1.Cc1cccc(C)c1B(O)O. The van der Waals surface area contributed by atoms with Gasteiger partial charge in [0.15, 0.2) is 0 Å². The fourth-order valence-corrected chi connectivity index (χ4v) is 5.86. The average Bonchev–Trinajstić information content (AvgIpc) is 3.05. The quantitative estimate of drug-likeness (QED) is 0.111. The number of amides is 4. The fraction of sp³-hybridized carbons (Fsp3) is 0.455. The van der Waals surface area contributed by atoms with Crippen LogP contribution in [0.3, 0.4) is 0 Å². The van der Waals surface area contributed by atoms with Crippen LogP contribution in [0.1, 0.15) is 105 Å². The van der Waals surface area contributed by atoms with Crippen LogP contribution >= 0.6 is 34.8 Å². The van der Waals surface area contributed by atoms with Crippen molar-refractivity contribution in [1.29, 1.82) is 0 Å². The van der Waals surface area contributed by atoms with E-state index in [9.17, 15) is 19.2 Å². The van der Waals surface area contributed by atoms with Crippen molar-refractivity contribution in [1.82, 2.24) is 19.9 Å². The van der Waals surface area contributed by atoms with Crippen LogP contribution in [0.25, 0.3) is 11.3 Å². The Bertz CT molecular complexity index is 2190. The highest BCUT2D eigenvalue weighted by Gasteiger charge is 2.36. The zero-order chi connectivity index (χ0) is 49.3. The highest BCUT2D eigenvalue weighted by atomic mass is 35.5. The second kappa shape index (κ2) is 22.2. The third kappa shape index (κ3) is 18.2. The minimum Gasteiger partial charge on any atom is -0.443 e. The molecule has 0 spiro atoms. The molecule has 20 heteroatoms. The highest BCUT2D eigenvalue weighted by molar-refractivity contribution is 6.59. The number of anilines is 2. The number of rotatable bonds is 4. The van der Waals surface area contributed by atoms with Gasteiger partial charge in [-0.1, -0.05) is 82.3 Å². The lowest BCUT2D eigenvalue weighted by molar-refractivity contribution is 0.0404. The van der Waals surface area contributed by atoms with E-state index in [0.717, 1.165) is 27.8 Å². The summed E-state index contributed by atoms with van der Waals surface area (Å²) in [4.78, 5) is 67.8. The summed E-state index contributed by atoms with van der Waals surface area (Å²) >= 11 is 17.8. The van der Waals surface area contributed by atoms with Crippen molar-refractivity contribution >= 4 is 83.7 Å². The van der Waals surface area contributed by atoms with Crippen molar-refractivity contribution in [2.24, 2.45) is 0 Å². The number of hydrogen-bond donors (Lipinski definition) is 2. The maximum Gasteiger partial charge on any atom is 0.488 e. The lowest BCUT2D eigenvalue weighted by Crippen LogP contribution is -2.44. The summed E-state index contributed by atoms with van der Waals surface area (Å²) in [7, 11) is -1.35. The molecule has 0 aliphatic carbocycles. The van der Waals surface area contributed by atoms with E-state index in [1.54, 1.807) is 89.2 Å². The van der Waals surface area contributed by atoms with E-state index in [1.165, 1.54) is 6.07 Å². The Kier molecular flexibility index (Phi) is 19.1. The normalized spacial score (nSPS) is 11.5. The molecule has 2 N–H and O–H groups in total. The second-order valence-corrected chi connectivity index (χ2v) is 19.4. The third-order valence-corrected chi connectivity index (χ3v) is 8.16. The van der Waals surface area contributed by atoms with Crippen LogP contribution in [0.5, 0.6) is 0 Å². The molecule has 0 radical (unpaired) electrons. The molecule has 0 bridgehead atoms. The Labute approximate surface area is 390 Å². The fourth-order valence-electron chi connectivity index (χ4n) is 5.27. The lowest BCUT2D eigenvalue weighted by atomic mass is 9.74. The molecule has 0 aliphatic rings. The van der Waals surface area contributed by atoms with Crippen LogP contribution in [-0.4, -0.2) is 83.9 Å². The van der Waals surface area contributed by atoms with Crippen molar-refractivity contribution in [3.05, 3.63) is 86.2 Å². The van der Waals surface area contributed by atoms with Crippen molar-refractivity contribution in [2.45, 2.75) is 133 Å². The number of benzene rings is 2. The molecule has 348 valence electrons. The van der Waals surface area contributed by atoms with E-state index < -0.39 is 53.9 Å². The van der Waals surface area contributed by atoms with E-state index in [-0.39, 0.29) is 27.4 Å². The molecule has 2 aromatic heterocycles. The summed E-state index contributed by atoms with van der Waals surface area (Å²) in [5, 5.41) is 17.9. The summed E-state index contributed by atoms with van der Waals surface area (Å²) in [6.45, 7) is 27.7. The molecule has 4 rings (SSSR count). The molecule has 0 fully saturated rings. The predicted molar refractivity (Wildman–Crippen MR) is 250 cm³/mol. The highest BCUT2D eigenvalue weighted by Crippen LogP contribution is 2.30. The molecule has 0 atom stereocenters. The number of carbonyl (C=O) groups excluding carboxylic acids is 4. The summed E-state index contributed by atoms with van der Waals surface area (Å²) in [5.74, 6) is -0.547. The van der Waals surface area contributed by atoms with Gasteiger partial charge in [0.1, 0.15) is 37.9 Å². The monoisotopic (exact) mass is 946 g/mol. The minimum absolute atomic E-state index is 0.0304. The van der Waals surface area contributed by atoms with E-state index >= 15 is 0 Å². The first kappa shape index (κ1) is 55.1. The molecule has 64 heavy (non-hydrogen) atoms. The standard InChI is InChI=1S/C22H28ClN3O4.C14H19Cl2N3O4.C8H11BO2/c1-13-10-9-11-14(2)17(13)15-12-16(23)25-18(24-15)26(19(27)29-21(3,4)5)20(28)30-22(6,7)8;1-13(2,3)22-11(20)19(12(21)23-14(4,5)6)10-17-8(15)7-9(16)18-10;1-6-4-3-5-7(2)8(6)9(10)11/h9-12H,1-8H3;7H,1-6H3;3-5,10-11H,1-2H3. The first-order valence-electron chi connectivity index (χ1n) is 19.8. The van der Waals surface area contributed by atoms with E-state index in [1.807, 2.05) is 64.1 Å². The molecular formula is C44H58BCl3N6O10. The Morgan fingerprint density at radius 1 is 0.500 bits per heavy atom. The van der Waals surface area contributed by atoms with Crippen molar-refractivity contribution in [2.75, 3.05) is 9.80 Å². The molecule has 0 unspecified atom stereocenters. The maximum absolute atomic E-state index is 12.9. The van der Waals surface area contributed by atoms with Gasteiger partial charge >= 0.3 is 31.5 Å². The Morgan fingerprint density at radius 2 is 0.781 bits per heavy atom. The van der Waals surface area contributed by atoms with E-state index in [4.69, 9.17) is 63.8 Å². The lowest BCUT2D eigenvalue weighted by Gasteiger charge is -2.27. The van der Waals surface area contributed by atoms with Gasteiger partial charge in [-0.05, 0) is 127 Å². The summed E-state index contributed by atoms with van der Waals surface area (Å²) in [6.07, 6.45) is -3.90. The molecule has 4 aromatic rings. The molecule has 0 saturated heterocycles. The summed E-state index contributed by atoms with van der Waals surface area (Å²) in [5.41, 5.74) is 2.37. The zero-order valence-electron chi connectivity index (χ0n) is 39.2. The van der Waals surface area contributed by atoms with E-state index in [0.29, 0.717) is 21.0 Å². The smallest absolute Gasteiger partial charge is 0.443 e. The van der Waals surface area contributed by atoms with Gasteiger partial charge in [-0.25, -0.2) is 24.2 Å². The Balaban J connectivity index is 0.000000364. The first-order valence-corrected chi connectivity index (χ1v) is 21.0. The van der Waals surface area contributed by atoms with Crippen LogP contribution in [-0.2, 0) is 18.9 Å². The van der Waals surface area contributed by atoms with Crippen molar-refractivity contribution in [3.63, 3.8) is 0 Å². The number of aryl methyl sites for hydroxylation is 4. The van der Waals surface area contributed by atoms with Crippen LogP contribution in [0.4, 0.5) is 31.1 Å². The largest absolute Gasteiger partial charge is 0.488 e. The molecule has 0 saturated carbocycles. The minimum atomic E-state index is -1.35. The number of halogens is 3. The first-order chi connectivity index (χ1) is 29.1. The van der Waals surface area contributed by atoms with Gasteiger partial charge < -0.3 is 29.0 Å². The van der Waals surface area contributed by atoms with Gasteiger partial charge in [0.05, 0.1) is 5.69 Å². The molecule has 2 heterocycles. The number of nitrogens with zero attached hydrogens (tertiary/aromatic N) is 6. The van der Waals surface area contributed by atoms with Crippen LogP contribution < -0.4 is 15.3 Å². The van der Waals surface area contributed by atoms with Crippen LogP contribution in [0, 0.1) is 27.7 Å². The van der Waals surface area contributed by atoms with Gasteiger partial charge in [0.25, 0.3) is 0 Å². The third-order valence-electron chi connectivity index (χ3n) is 7.58. The molecule has 16 nitrogen and oxygen atoms in total. The van der Waals surface area contributed by atoms with Crippen molar-refractivity contribution in [3.8, 4) is 11.3 Å². The number of hydrogen-bond acceptors (Lipinski definition) is 14. The molecule has 4 amide bonds. The predicted octanol–water partition coefficient (Wildman–Crippen LogP) is 10.5. The Morgan fingerprint density at radius 3 is 1.06 bits per heavy atom. The molecule has 0 aliphatic heterocycles. The van der Waals surface area contributed by atoms with E-state index in [2.05, 4.69) is 19.9 Å². The average molecular weight is 948 g/mol. The second-order valence-electron chi connectivity index (χ2n) is 18.2. The number of carbonyl (C=O) groups is 4. The van der Waals surface area contributed by atoms with Gasteiger partial charge in [0, 0.05) is 17.7 Å². The van der Waals surface area contributed by atoms with Crippen LogP contribution in [0.15, 0.2) is 48.5 Å². The van der Waals surface area contributed by atoms with Gasteiger partial charge in [-0.15, -0.1) is 9.80 Å². The number of imide groups is 2. The topological polar surface area (TPSA) is 204 Å². The number of ether oxygens (including phenoxy) is 4. The summed E-state index contributed by atoms with van der Waals surface area (Å²) < 4.78 is 21.2. The Hall–Kier alpha value is -5.07. The maximum atomic E-state index is 12.9. The van der Waals surface area contributed by atoms with Crippen molar-refractivity contribution < 1.29 is 48.2 Å². The molecular weight excluding hydrogens is 890 g/mol. The van der Waals surface area contributed by atoms with Crippen LogP contribution in [0.2, 0.25) is 15.5 Å². The molecule has 2 aromatic carbocycles. The van der Waals surface area contributed by atoms with Gasteiger partial charge in [-0.2, -0.15) is 15.0 Å². The van der Waals surface area contributed by atoms with Gasteiger partial charge in [-0.3, -0.25) is 0 Å². The zero-order valence-corrected chi connectivity index (χ0v) is 41.4. The van der Waals surface area contributed by atoms with Gasteiger partial charge in [0.2, 0.25) is 11.9 Å².